The Hall–Kier alpha value is -2.66. The molecule has 27 heavy (non-hydrogen) atoms. The Bertz CT molecular complexity index is 783. The third-order valence-electron chi connectivity index (χ3n) is 5.13. The SMILES string of the molecule is CCC(=O)Nc1cccc(C(=O)N2CCC(C(O)c3ccccc3)CC2)c1. The lowest BCUT2D eigenvalue weighted by Crippen LogP contribution is -2.39. The van der Waals surface area contributed by atoms with Gasteiger partial charge in [-0.25, -0.2) is 0 Å². The molecule has 5 nitrogen and oxygen atoms in total. The molecule has 0 saturated carbocycles. The van der Waals surface area contributed by atoms with E-state index >= 15 is 0 Å². The van der Waals surface area contributed by atoms with Crippen LogP contribution in [0, 0.1) is 5.92 Å². The second-order valence-corrected chi connectivity index (χ2v) is 6.97. The monoisotopic (exact) mass is 366 g/mol. The maximum absolute atomic E-state index is 12.8. The molecule has 142 valence electrons. The largest absolute Gasteiger partial charge is 0.388 e. The predicted molar refractivity (Wildman–Crippen MR) is 105 cm³/mol. The minimum atomic E-state index is -0.490. The molecule has 1 saturated heterocycles. The van der Waals surface area contributed by atoms with E-state index in [4.69, 9.17) is 0 Å². The predicted octanol–water partition coefficient (Wildman–Crippen LogP) is 3.62. The number of anilines is 1. The first-order valence-corrected chi connectivity index (χ1v) is 9.50. The highest BCUT2D eigenvalue weighted by Crippen LogP contribution is 2.31. The average Bonchev–Trinajstić information content (AvgIpc) is 2.73. The molecule has 5 heteroatoms. The fraction of sp³-hybridized carbons (Fsp3) is 0.364. The van der Waals surface area contributed by atoms with Gasteiger partial charge in [0.15, 0.2) is 0 Å². The van der Waals surface area contributed by atoms with Crippen LogP contribution in [0.4, 0.5) is 5.69 Å². The van der Waals surface area contributed by atoms with E-state index in [-0.39, 0.29) is 17.7 Å². The van der Waals surface area contributed by atoms with Crippen LogP contribution in [0.2, 0.25) is 0 Å². The van der Waals surface area contributed by atoms with Gasteiger partial charge >= 0.3 is 0 Å². The lowest BCUT2D eigenvalue weighted by Gasteiger charge is -2.34. The number of aliphatic hydroxyl groups excluding tert-OH is 1. The number of nitrogens with one attached hydrogen (secondary N) is 1. The summed E-state index contributed by atoms with van der Waals surface area (Å²) < 4.78 is 0. The summed E-state index contributed by atoms with van der Waals surface area (Å²) in [6.07, 6.45) is 1.45. The molecular weight excluding hydrogens is 340 g/mol. The summed E-state index contributed by atoms with van der Waals surface area (Å²) in [7, 11) is 0. The normalized spacial score (nSPS) is 16.0. The second kappa shape index (κ2) is 8.82. The third kappa shape index (κ3) is 4.74. The van der Waals surface area contributed by atoms with Crippen molar-refractivity contribution in [3.8, 4) is 0 Å². The Morgan fingerprint density at radius 2 is 1.81 bits per heavy atom. The Balaban J connectivity index is 1.60. The molecule has 2 aromatic carbocycles. The van der Waals surface area contributed by atoms with Gasteiger partial charge in [0.1, 0.15) is 0 Å². The fourth-order valence-electron chi connectivity index (χ4n) is 3.50. The Labute approximate surface area is 160 Å². The summed E-state index contributed by atoms with van der Waals surface area (Å²) in [5.41, 5.74) is 2.15. The highest BCUT2D eigenvalue weighted by molar-refractivity contribution is 5.97. The highest BCUT2D eigenvalue weighted by atomic mass is 16.3. The number of nitrogens with zero attached hydrogens (tertiary/aromatic N) is 1. The Morgan fingerprint density at radius 3 is 2.48 bits per heavy atom. The number of hydrogen-bond donors (Lipinski definition) is 2. The summed E-state index contributed by atoms with van der Waals surface area (Å²) >= 11 is 0. The summed E-state index contributed by atoms with van der Waals surface area (Å²) in [6, 6.07) is 16.8. The molecule has 0 radical (unpaired) electrons. The molecule has 1 aliphatic heterocycles. The molecule has 2 N–H and O–H groups in total. The van der Waals surface area contributed by atoms with Crippen molar-refractivity contribution in [2.75, 3.05) is 18.4 Å². The van der Waals surface area contributed by atoms with E-state index in [1.165, 1.54) is 0 Å². The van der Waals surface area contributed by atoms with Gasteiger partial charge in [-0.1, -0.05) is 43.3 Å². The van der Waals surface area contributed by atoms with Crippen molar-refractivity contribution < 1.29 is 14.7 Å². The molecule has 1 heterocycles. The van der Waals surface area contributed by atoms with Gasteiger partial charge in [-0.2, -0.15) is 0 Å². The van der Waals surface area contributed by atoms with Gasteiger partial charge < -0.3 is 15.3 Å². The zero-order chi connectivity index (χ0) is 19.2. The summed E-state index contributed by atoms with van der Waals surface area (Å²) in [4.78, 5) is 26.2. The van der Waals surface area contributed by atoms with E-state index in [0.717, 1.165) is 18.4 Å². The van der Waals surface area contributed by atoms with Crippen LogP contribution in [0.5, 0.6) is 0 Å². The minimum absolute atomic E-state index is 0.0322. The zero-order valence-corrected chi connectivity index (χ0v) is 15.6. The topological polar surface area (TPSA) is 69.6 Å². The quantitative estimate of drug-likeness (QED) is 0.849. The van der Waals surface area contributed by atoms with Crippen LogP contribution >= 0.6 is 0 Å². The number of piperidine rings is 1. The molecule has 1 fully saturated rings. The van der Waals surface area contributed by atoms with Crippen LogP contribution in [0.15, 0.2) is 54.6 Å². The van der Waals surface area contributed by atoms with Gasteiger partial charge in [0.2, 0.25) is 5.91 Å². The maximum atomic E-state index is 12.8. The van der Waals surface area contributed by atoms with E-state index < -0.39 is 6.10 Å². The van der Waals surface area contributed by atoms with Gasteiger partial charge in [0.25, 0.3) is 5.91 Å². The van der Waals surface area contributed by atoms with Crippen LogP contribution in [0.1, 0.15) is 48.2 Å². The molecule has 2 aromatic rings. The molecule has 1 atom stereocenters. The van der Waals surface area contributed by atoms with Gasteiger partial charge in [0, 0.05) is 30.8 Å². The number of likely N-dealkylation sites (tertiary alicyclic amines) is 1. The van der Waals surface area contributed by atoms with Crippen molar-refractivity contribution in [2.45, 2.75) is 32.3 Å². The number of hydrogen-bond acceptors (Lipinski definition) is 3. The molecule has 1 unspecified atom stereocenters. The van der Waals surface area contributed by atoms with Crippen molar-refractivity contribution in [1.29, 1.82) is 0 Å². The van der Waals surface area contributed by atoms with Crippen molar-refractivity contribution in [1.82, 2.24) is 4.90 Å². The van der Waals surface area contributed by atoms with Crippen LogP contribution in [-0.2, 0) is 4.79 Å². The number of amides is 2. The lowest BCUT2D eigenvalue weighted by atomic mass is 9.87. The van der Waals surface area contributed by atoms with Gasteiger partial charge in [0.05, 0.1) is 6.10 Å². The van der Waals surface area contributed by atoms with E-state index in [1.807, 2.05) is 35.2 Å². The van der Waals surface area contributed by atoms with Crippen LogP contribution in [-0.4, -0.2) is 34.9 Å². The average molecular weight is 366 g/mol. The summed E-state index contributed by atoms with van der Waals surface area (Å²) in [6.45, 7) is 3.04. The zero-order valence-electron chi connectivity index (χ0n) is 15.6. The standard InChI is InChI=1S/C22H26N2O3/c1-2-20(25)23-19-10-6-9-18(15-19)22(27)24-13-11-17(12-14-24)21(26)16-7-4-3-5-8-16/h3-10,15,17,21,26H,2,11-14H2,1H3,(H,23,25). The molecule has 0 bridgehead atoms. The third-order valence-corrected chi connectivity index (χ3v) is 5.13. The van der Waals surface area contributed by atoms with Crippen molar-refractivity contribution in [3.05, 3.63) is 65.7 Å². The van der Waals surface area contributed by atoms with Crippen molar-refractivity contribution in [3.63, 3.8) is 0 Å². The lowest BCUT2D eigenvalue weighted by molar-refractivity contribution is -0.115. The van der Waals surface area contributed by atoms with Crippen molar-refractivity contribution in [2.24, 2.45) is 5.92 Å². The molecule has 0 aliphatic carbocycles. The Kier molecular flexibility index (Phi) is 6.24. The van der Waals surface area contributed by atoms with E-state index in [0.29, 0.717) is 30.8 Å². The summed E-state index contributed by atoms with van der Waals surface area (Å²) in [5, 5.41) is 13.4. The molecule has 0 spiro atoms. The van der Waals surface area contributed by atoms with Crippen LogP contribution in [0.3, 0.4) is 0 Å². The van der Waals surface area contributed by atoms with Crippen LogP contribution < -0.4 is 5.32 Å². The first-order valence-electron chi connectivity index (χ1n) is 9.50. The molecule has 0 aromatic heterocycles. The molecular formula is C22H26N2O3. The molecule has 3 rings (SSSR count). The molecule has 2 amide bonds. The van der Waals surface area contributed by atoms with Crippen LogP contribution in [0.25, 0.3) is 0 Å². The number of benzene rings is 2. The van der Waals surface area contributed by atoms with E-state index in [9.17, 15) is 14.7 Å². The van der Waals surface area contributed by atoms with Gasteiger partial charge in [-0.15, -0.1) is 0 Å². The first-order chi connectivity index (χ1) is 13.1. The highest BCUT2D eigenvalue weighted by Gasteiger charge is 2.28. The van der Waals surface area contributed by atoms with E-state index in [2.05, 4.69) is 5.32 Å². The number of rotatable bonds is 5. The Morgan fingerprint density at radius 1 is 1.11 bits per heavy atom. The first kappa shape index (κ1) is 19.1. The smallest absolute Gasteiger partial charge is 0.253 e. The molecule has 1 aliphatic rings. The number of carbonyl (C=O) groups excluding carboxylic acids is 2. The second-order valence-electron chi connectivity index (χ2n) is 6.97. The number of carbonyl (C=O) groups is 2. The maximum Gasteiger partial charge on any atom is 0.253 e. The minimum Gasteiger partial charge on any atom is -0.388 e. The summed E-state index contributed by atoms with van der Waals surface area (Å²) in [5.74, 6) is 0.0530. The number of aliphatic hydroxyl groups is 1. The van der Waals surface area contributed by atoms with E-state index in [1.54, 1.807) is 31.2 Å². The van der Waals surface area contributed by atoms with Gasteiger partial charge in [-0.3, -0.25) is 9.59 Å². The fourth-order valence-corrected chi connectivity index (χ4v) is 3.50. The van der Waals surface area contributed by atoms with Crippen molar-refractivity contribution >= 4 is 17.5 Å². The van der Waals surface area contributed by atoms with Gasteiger partial charge in [-0.05, 0) is 42.5 Å².